The van der Waals surface area contributed by atoms with Gasteiger partial charge in [-0.2, -0.15) is 0 Å². The molecule has 1 aromatic rings. The normalized spacial score (nSPS) is 12.4. The van der Waals surface area contributed by atoms with E-state index < -0.39 is 11.9 Å². The van der Waals surface area contributed by atoms with E-state index in [0.29, 0.717) is 18.1 Å². The second-order valence-electron chi connectivity index (χ2n) is 3.58. The molecule has 4 heteroatoms. The maximum absolute atomic E-state index is 11.1. The minimum Gasteiger partial charge on any atom is -0.481 e. The fraction of sp³-hybridized carbons (Fsp3) is 0.417. The monoisotopic (exact) mass is 242 g/mol. The Morgan fingerprint density at radius 3 is 2.88 bits per heavy atom. The van der Waals surface area contributed by atoms with Crippen molar-refractivity contribution >= 4 is 17.6 Å². The molecule has 3 nitrogen and oxygen atoms in total. The number of carboxylic acids is 1. The predicted molar refractivity (Wildman–Crippen MR) is 62.9 cm³/mol. The van der Waals surface area contributed by atoms with E-state index in [-0.39, 0.29) is 0 Å². The quantitative estimate of drug-likeness (QED) is 0.781. The Hall–Kier alpha value is -1.06. The Morgan fingerprint density at radius 1 is 1.56 bits per heavy atom. The summed E-state index contributed by atoms with van der Waals surface area (Å²) in [6, 6.07) is 6.99. The summed E-state index contributed by atoms with van der Waals surface area (Å²) in [6.07, 6.45) is 1.28. The Bertz CT molecular complexity index is 352. The van der Waals surface area contributed by atoms with Crippen LogP contribution in [0.5, 0.6) is 0 Å². The first kappa shape index (κ1) is 13.0. The largest absolute Gasteiger partial charge is 0.481 e. The summed E-state index contributed by atoms with van der Waals surface area (Å²) >= 11 is 5.84. The summed E-state index contributed by atoms with van der Waals surface area (Å²) in [5.74, 6) is -1.33. The van der Waals surface area contributed by atoms with E-state index in [1.807, 2.05) is 0 Å². The van der Waals surface area contributed by atoms with Gasteiger partial charge >= 0.3 is 5.97 Å². The van der Waals surface area contributed by atoms with Crippen LogP contribution in [0.4, 0.5) is 0 Å². The summed E-state index contributed by atoms with van der Waals surface area (Å²) in [6.45, 7) is 0.574. The SMILES string of the molecule is COCCCC(C(=O)O)c1cccc(Cl)c1. The fourth-order valence-electron chi connectivity index (χ4n) is 1.59. The molecule has 16 heavy (non-hydrogen) atoms. The van der Waals surface area contributed by atoms with Crippen molar-refractivity contribution in [2.45, 2.75) is 18.8 Å². The van der Waals surface area contributed by atoms with Gasteiger partial charge in [0.2, 0.25) is 0 Å². The highest BCUT2D eigenvalue weighted by Gasteiger charge is 2.19. The lowest BCUT2D eigenvalue weighted by molar-refractivity contribution is -0.139. The van der Waals surface area contributed by atoms with Gasteiger partial charge in [-0.15, -0.1) is 0 Å². The van der Waals surface area contributed by atoms with Gasteiger partial charge in [0.25, 0.3) is 0 Å². The third-order valence-corrected chi connectivity index (χ3v) is 2.63. The number of rotatable bonds is 6. The van der Waals surface area contributed by atoms with Crippen molar-refractivity contribution in [1.29, 1.82) is 0 Å². The van der Waals surface area contributed by atoms with Crippen molar-refractivity contribution < 1.29 is 14.6 Å². The number of hydrogen-bond acceptors (Lipinski definition) is 2. The predicted octanol–water partition coefficient (Wildman–Crippen LogP) is 2.93. The average Bonchev–Trinajstić information content (AvgIpc) is 2.24. The Balaban J connectivity index is 2.73. The lowest BCUT2D eigenvalue weighted by atomic mass is 9.94. The first-order valence-corrected chi connectivity index (χ1v) is 5.50. The van der Waals surface area contributed by atoms with Gasteiger partial charge in [-0.25, -0.2) is 0 Å². The molecule has 1 unspecified atom stereocenters. The number of ether oxygens (including phenoxy) is 1. The second kappa shape index (κ2) is 6.51. The number of carbonyl (C=O) groups is 1. The molecule has 0 bridgehead atoms. The third kappa shape index (κ3) is 3.83. The van der Waals surface area contributed by atoms with Gasteiger partial charge in [0.15, 0.2) is 0 Å². The zero-order valence-electron chi connectivity index (χ0n) is 9.15. The third-order valence-electron chi connectivity index (χ3n) is 2.39. The number of aliphatic carboxylic acids is 1. The summed E-state index contributed by atoms with van der Waals surface area (Å²) in [5, 5.41) is 9.70. The van der Waals surface area contributed by atoms with Crippen LogP contribution < -0.4 is 0 Å². The van der Waals surface area contributed by atoms with E-state index in [9.17, 15) is 4.79 Å². The van der Waals surface area contributed by atoms with Gasteiger partial charge in [0.1, 0.15) is 0 Å². The van der Waals surface area contributed by atoms with Crippen molar-refractivity contribution in [2.24, 2.45) is 0 Å². The topological polar surface area (TPSA) is 46.5 Å². The van der Waals surface area contributed by atoms with Gasteiger partial charge in [0, 0.05) is 18.7 Å². The summed E-state index contributed by atoms with van der Waals surface area (Å²) in [4.78, 5) is 11.1. The Labute approximate surface area is 100.0 Å². The minimum atomic E-state index is -0.821. The molecular formula is C12H15ClO3. The van der Waals surface area contributed by atoms with E-state index in [1.54, 1.807) is 31.4 Å². The van der Waals surface area contributed by atoms with Crippen molar-refractivity contribution in [1.82, 2.24) is 0 Å². The van der Waals surface area contributed by atoms with Crippen LogP contribution >= 0.6 is 11.6 Å². The molecule has 0 aliphatic heterocycles. The zero-order valence-corrected chi connectivity index (χ0v) is 9.91. The standard InChI is InChI=1S/C12H15ClO3/c1-16-7-3-6-11(12(14)15)9-4-2-5-10(13)8-9/h2,4-5,8,11H,3,6-7H2,1H3,(H,14,15). The molecule has 0 saturated carbocycles. The molecule has 88 valence electrons. The van der Waals surface area contributed by atoms with Gasteiger partial charge in [-0.3, -0.25) is 4.79 Å². The molecule has 1 rings (SSSR count). The van der Waals surface area contributed by atoms with Crippen LogP contribution in [0.15, 0.2) is 24.3 Å². The van der Waals surface area contributed by atoms with Crippen LogP contribution in [0.1, 0.15) is 24.3 Å². The van der Waals surface area contributed by atoms with Gasteiger partial charge in [-0.1, -0.05) is 23.7 Å². The van der Waals surface area contributed by atoms with Crippen LogP contribution in [0.25, 0.3) is 0 Å². The Kier molecular flexibility index (Phi) is 5.29. The molecule has 0 radical (unpaired) electrons. The summed E-state index contributed by atoms with van der Waals surface area (Å²) in [5.41, 5.74) is 0.746. The second-order valence-corrected chi connectivity index (χ2v) is 4.02. The summed E-state index contributed by atoms with van der Waals surface area (Å²) in [7, 11) is 1.61. The van der Waals surface area contributed by atoms with Crippen LogP contribution in [-0.4, -0.2) is 24.8 Å². The molecule has 1 N–H and O–H groups in total. The molecule has 1 aromatic carbocycles. The molecule has 0 aliphatic carbocycles. The molecule has 1 atom stereocenters. The highest BCUT2D eigenvalue weighted by atomic mass is 35.5. The number of methoxy groups -OCH3 is 1. The fourth-order valence-corrected chi connectivity index (χ4v) is 1.79. The first-order valence-electron chi connectivity index (χ1n) is 5.12. The van der Waals surface area contributed by atoms with Crippen LogP contribution in [-0.2, 0) is 9.53 Å². The van der Waals surface area contributed by atoms with Crippen LogP contribution in [0, 0.1) is 0 Å². The molecule has 0 fully saturated rings. The number of benzene rings is 1. The highest BCUT2D eigenvalue weighted by molar-refractivity contribution is 6.30. The molecule has 0 saturated heterocycles. The molecular weight excluding hydrogens is 228 g/mol. The van der Waals surface area contributed by atoms with E-state index in [4.69, 9.17) is 21.4 Å². The lowest BCUT2D eigenvalue weighted by Gasteiger charge is -2.12. The zero-order chi connectivity index (χ0) is 12.0. The molecule has 0 spiro atoms. The lowest BCUT2D eigenvalue weighted by Crippen LogP contribution is -2.12. The Morgan fingerprint density at radius 2 is 2.31 bits per heavy atom. The molecule has 0 amide bonds. The maximum Gasteiger partial charge on any atom is 0.310 e. The van der Waals surface area contributed by atoms with Gasteiger partial charge in [0.05, 0.1) is 5.92 Å². The van der Waals surface area contributed by atoms with E-state index in [0.717, 1.165) is 12.0 Å². The number of hydrogen-bond donors (Lipinski definition) is 1. The van der Waals surface area contributed by atoms with Crippen molar-refractivity contribution in [2.75, 3.05) is 13.7 Å². The van der Waals surface area contributed by atoms with E-state index in [2.05, 4.69) is 0 Å². The molecule has 0 aliphatic rings. The number of carboxylic acid groups (broad SMARTS) is 1. The maximum atomic E-state index is 11.1. The smallest absolute Gasteiger partial charge is 0.310 e. The van der Waals surface area contributed by atoms with Crippen LogP contribution in [0.2, 0.25) is 5.02 Å². The minimum absolute atomic E-state index is 0.506. The van der Waals surface area contributed by atoms with Crippen molar-refractivity contribution in [3.63, 3.8) is 0 Å². The molecule has 0 heterocycles. The van der Waals surface area contributed by atoms with Crippen LogP contribution in [0.3, 0.4) is 0 Å². The van der Waals surface area contributed by atoms with Gasteiger partial charge < -0.3 is 9.84 Å². The van der Waals surface area contributed by atoms with Gasteiger partial charge in [-0.05, 0) is 30.5 Å². The summed E-state index contributed by atoms with van der Waals surface area (Å²) < 4.78 is 4.91. The highest BCUT2D eigenvalue weighted by Crippen LogP contribution is 2.24. The first-order chi connectivity index (χ1) is 7.65. The van der Waals surface area contributed by atoms with E-state index in [1.165, 1.54) is 0 Å². The number of halogens is 1. The van der Waals surface area contributed by atoms with E-state index >= 15 is 0 Å². The van der Waals surface area contributed by atoms with Crippen molar-refractivity contribution in [3.05, 3.63) is 34.9 Å². The average molecular weight is 243 g/mol. The molecule has 0 aromatic heterocycles. The van der Waals surface area contributed by atoms with Crippen molar-refractivity contribution in [3.8, 4) is 0 Å².